The van der Waals surface area contributed by atoms with E-state index in [-0.39, 0.29) is 5.91 Å². The molecule has 0 unspecified atom stereocenters. The molecule has 0 aliphatic carbocycles. The maximum Gasteiger partial charge on any atom is 0.229 e. The highest BCUT2D eigenvalue weighted by Gasteiger charge is 2.22. The molecule has 1 amide bonds. The van der Waals surface area contributed by atoms with Crippen LogP contribution in [0.5, 0.6) is 0 Å². The molecule has 1 aromatic carbocycles. The summed E-state index contributed by atoms with van der Waals surface area (Å²) in [5, 5.41) is 21.2. The summed E-state index contributed by atoms with van der Waals surface area (Å²) in [5.74, 6) is -0.105. The number of nitrogens with zero attached hydrogens (tertiary/aromatic N) is 5. The van der Waals surface area contributed by atoms with Crippen molar-refractivity contribution in [3.05, 3.63) is 29.5 Å². The number of hydrogen-bond donors (Lipinski definition) is 1. The van der Waals surface area contributed by atoms with Gasteiger partial charge in [0.2, 0.25) is 5.91 Å². The Morgan fingerprint density at radius 1 is 1.29 bits per heavy atom. The smallest absolute Gasteiger partial charge is 0.229 e. The molecule has 0 saturated heterocycles. The van der Waals surface area contributed by atoms with Gasteiger partial charge in [-0.05, 0) is 50.5 Å². The zero-order valence-corrected chi connectivity index (χ0v) is 18.0. The SMILES string of the molecule is CCN(CC)c1ccc(/N=N/c2snc(C)c2C#N)c(NC(=O)C(C)(C)C)c1. The van der Waals surface area contributed by atoms with E-state index >= 15 is 0 Å². The molecule has 0 atom stereocenters. The molecular formula is C20H26N6OS. The Labute approximate surface area is 170 Å². The van der Waals surface area contributed by atoms with Gasteiger partial charge in [0.15, 0.2) is 5.00 Å². The van der Waals surface area contributed by atoms with Gasteiger partial charge in [0, 0.05) is 24.2 Å². The fourth-order valence-corrected chi connectivity index (χ4v) is 3.14. The van der Waals surface area contributed by atoms with E-state index in [0.29, 0.717) is 27.6 Å². The normalized spacial score (nSPS) is 11.5. The largest absolute Gasteiger partial charge is 0.372 e. The van der Waals surface area contributed by atoms with Gasteiger partial charge in [0.25, 0.3) is 0 Å². The molecule has 0 aliphatic rings. The van der Waals surface area contributed by atoms with Gasteiger partial charge in [-0.2, -0.15) is 9.64 Å². The van der Waals surface area contributed by atoms with Crippen LogP contribution < -0.4 is 10.2 Å². The van der Waals surface area contributed by atoms with E-state index in [9.17, 15) is 10.1 Å². The van der Waals surface area contributed by atoms with Crippen LogP contribution in [0.2, 0.25) is 0 Å². The number of amides is 1. The minimum atomic E-state index is -0.539. The fourth-order valence-electron chi connectivity index (χ4n) is 2.46. The zero-order valence-electron chi connectivity index (χ0n) is 17.2. The van der Waals surface area contributed by atoms with Gasteiger partial charge < -0.3 is 10.2 Å². The molecular weight excluding hydrogens is 372 g/mol. The summed E-state index contributed by atoms with van der Waals surface area (Å²) in [6.07, 6.45) is 0. The van der Waals surface area contributed by atoms with Crippen LogP contribution in [0.15, 0.2) is 28.4 Å². The molecule has 2 rings (SSSR count). The van der Waals surface area contributed by atoms with Crippen molar-refractivity contribution in [3.8, 4) is 6.07 Å². The molecule has 2 aromatic rings. The lowest BCUT2D eigenvalue weighted by Gasteiger charge is -2.23. The Morgan fingerprint density at radius 2 is 1.96 bits per heavy atom. The van der Waals surface area contributed by atoms with E-state index in [1.165, 1.54) is 0 Å². The quantitative estimate of drug-likeness (QED) is 0.644. The van der Waals surface area contributed by atoms with Crippen molar-refractivity contribution in [2.75, 3.05) is 23.3 Å². The van der Waals surface area contributed by atoms with Gasteiger partial charge >= 0.3 is 0 Å². The van der Waals surface area contributed by atoms with Crippen molar-refractivity contribution in [2.24, 2.45) is 15.6 Å². The number of nitrogens with one attached hydrogen (secondary N) is 1. The standard InChI is InChI=1S/C20H26N6OS/c1-7-26(8-2)14-9-10-16(17(11-14)22-19(27)20(4,5)6)23-24-18-15(12-21)13(3)25-28-18/h9-11H,7-8H2,1-6H3,(H,22,27)/b24-23+. The Morgan fingerprint density at radius 3 is 2.54 bits per heavy atom. The minimum Gasteiger partial charge on any atom is -0.372 e. The molecule has 0 spiro atoms. The van der Waals surface area contributed by atoms with Crippen LogP contribution >= 0.6 is 11.5 Å². The first kappa shape index (κ1) is 21.5. The summed E-state index contributed by atoms with van der Waals surface area (Å²) in [7, 11) is 0. The number of aryl methyl sites for hydroxylation is 1. The average Bonchev–Trinajstić information content (AvgIpc) is 3.00. The number of aromatic nitrogens is 1. The van der Waals surface area contributed by atoms with Crippen molar-refractivity contribution in [3.63, 3.8) is 0 Å². The third kappa shape index (κ3) is 4.93. The zero-order chi connectivity index (χ0) is 20.9. The van der Waals surface area contributed by atoms with Crippen LogP contribution in [-0.4, -0.2) is 23.4 Å². The lowest BCUT2D eigenvalue weighted by molar-refractivity contribution is -0.123. The van der Waals surface area contributed by atoms with Gasteiger partial charge in [-0.1, -0.05) is 20.8 Å². The van der Waals surface area contributed by atoms with Crippen molar-refractivity contribution in [1.29, 1.82) is 5.26 Å². The highest BCUT2D eigenvalue weighted by atomic mass is 32.1. The third-order valence-electron chi connectivity index (χ3n) is 4.24. The molecule has 0 radical (unpaired) electrons. The van der Waals surface area contributed by atoms with Crippen LogP contribution in [0.3, 0.4) is 0 Å². The molecule has 148 valence electrons. The molecule has 0 bridgehead atoms. The van der Waals surface area contributed by atoms with E-state index in [2.05, 4.69) is 44.7 Å². The van der Waals surface area contributed by atoms with Gasteiger partial charge in [-0.3, -0.25) is 4.79 Å². The number of rotatable bonds is 6. The topological polar surface area (TPSA) is 93.7 Å². The molecule has 0 aliphatic heterocycles. The highest BCUT2D eigenvalue weighted by molar-refractivity contribution is 7.10. The number of anilines is 2. The maximum absolute atomic E-state index is 12.5. The number of azo groups is 1. The molecule has 0 fully saturated rings. The predicted molar refractivity (Wildman–Crippen MR) is 114 cm³/mol. The molecule has 28 heavy (non-hydrogen) atoms. The second-order valence-corrected chi connectivity index (χ2v) is 8.09. The van der Waals surface area contributed by atoms with Crippen LogP contribution in [-0.2, 0) is 4.79 Å². The predicted octanol–water partition coefficient (Wildman–Crippen LogP) is 5.57. The lowest BCUT2D eigenvalue weighted by Crippen LogP contribution is -2.28. The number of hydrogen-bond acceptors (Lipinski definition) is 7. The molecule has 1 aromatic heterocycles. The molecule has 7 nitrogen and oxygen atoms in total. The van der Waals surface area contributed by atoms with Crippen LogP contribution in [0.25, 0.3) is 0 Å². The first-order valence-corrected chi connectivity index (χ1v) is 9.97. The summed E-state index contributed by atoms with van der Waals surface area (Å²) < 4.78 is 4.15. The summed E-state index contributed by atoms with van der Waals surface area (Å²) in [6, 6.07) is 7.80. The first-order valence-electron chi connectivity index (χ1n) is 9.19. The lowest BCUT2D eigenvalue weighted by atomic mass is 9.95. The highest BCUT2D eigenvalue weighted by Crippen LogP contribution is 2.34. The van der Waals surface area contributed by atoms with Gasteiger partial charge in [-0.15, -0.1) is 10.2 Å². The second-order valence-electron chi connectivity index (χ2n) is 7.34. The number of nitriles is 1. The Hall–Kier alpha value is -2.79. The van der Waals surface area contributed by atoms with E-state index in [1.54, 1.807) is 6.92 Å². The molecule has 1 N–H and O–H groups in total. The van der Waals surface area contributed by atoms with Crippen LogP contribution in [0.1, 0.15) is 45.9 Å². The molecule has 0 saturated carbocycles. The minimum absolute atomic E-state index is 0.105. The van der Waals surface area contributed by atoms with Gasteiger partial charge in [0.1, 0.15) is 17.3 Å². The molecule has 1 heterocycles. The number of carbonyl (C=O) groups is 1. The second kappa shape index (κ2) is 8.93. The van der Waals surface area contributed by atoms with Crippen molar-refractivity contribution in [1.82, 2.24) is 4.37 Å². The molecule has 8 heteroatoms. The number of carbonyl (C=O) groups excluding carboxylic acids is 1. The van der Waals surface area contributed by atoms with Gasteiger partial charge in [0.05, 0.1) is 11.4 Å². The van der Waals surface area contributed by atoms with Crippen LogP contribution in [0.4, 0.5) is 22.1 Å². The van der Waals surface area contributed by atoms with E-state index in [4.69, 9.17) is 0 Å². The summed E-state index contributed by atoms with van der Waals surface area (Å²) in [4.78, 5) is 14.7. The third-order valence-corrected chi connectivity index (χ3v) is 5.07. The summed E-state index contributed by atoms with van der Waals surface area (Å²) >= 11 is 1.13. The summed E-state index contributed by atoms with van der Waals surface area (Å²) in [5.41, 5.74) is 2.65. The first-order chi connectivity index (χ1) is 13.2. The van der Waals surface area contributed by atoms with Crippen molar-refractivity contribution < 1.29 is 4.79 Å². The van der Waals surface area contributed by atoms with E-state index in [0.717, 1.165) is 30.3 Å². The van der Waals surface area contributed by atoms with Gasteiger partial charge in [-0.25, -0.2) is 0 Å². The average molecular weight is 399 g/mol. The fraction of sp³-hybridized carbons (Fsp3) is 0.450. The van der Waals surface area contributed by atoms with Crippen molar-refractivity contribution >= 4 is 39.5 Å². The Bertz CT molecular complexity index is 916. The van der Waals surface area contributed by atoms with Crippen molar-refractivity contribution in [2.45, 2.75) is 41.5 Å². The van der Waals surface area contributed by atoms with E-state index < -0.39 is 5.41 Å². The Balaban J connectivity index is 2.45. The number of benzene rings is 1. The van der Waals surface area contributed by atoms with Crippen LogP contribution in [0, 0.1) is 23.7 Å². The maximum atomic E-state index is 12.5. The van der Waals surface area contributed by atoms with E-state index in [1.807, 2.05) is 39.0 Å². The monoisotopic (exact) mass is 398 g/mol. The Kier molecular flexibility index (Phi) is 6.86. The summed E-state index contributed by atoms with van der Waals surface area (Å²) in [6.45, 7) is 13.2.